The number of benzene rings is 2. The van der Waals surface area contributed by atoms with E-state index in [-0.39, 0.29) is 5.56 Å². The van der Waals surface area contributed by atoms with E-state index >= 15 is 0 Å². The molecule has 0 saturated carbocycles. The summed E-state index contributed by atoms with van der Waals surface area (Å²) < 4.78 is 22.4. The number of nitrogens with zero attached hydrogens (tertiary/aromatic N) is 1. The number of carbonyl (C=O) groups is 2. The van der Waals surface area contributed by atoms with Crippen LogP contribution in [0.1, 0.15) is 17.3 Å². The summed E-state index contributed by atoms with van der Waals surface area (Å²) in [6.45, 7) is 4.58. The van der Waals surface area contributed by atoms with E-state index in [0.29, 0.717) is 23.8 Å². The highest BCUT2D eigenvalue weighted by molar-refractivity contribution is 7.84. The first-order valence-electron chi connectivity index (χ1n) is 9.33. The Balaban J connectivity index is 1.59. The molecule has 1 heterocycles. The Hall–Kier alpha value is -2.71. The average molecular weight is 416 g/mol. The first-order valence-corrected chi connectivity index (χ1v) is 10.9. The predicted octanol–water partition coefficient (Wildman–Crippen LogP) is 2.44. The van der Waals surface area contributed by atoms with Gasteiger partial charge in [-0.1, -0.05) is 12.1 Å². The Morgan fingerprint density at radius 3 is 2.41 bits per heavy atom. The van der Waals surface area contributed by atoms with E-state index in [2.05, 4.69) is 10.2 Å². The van der Waals surface area contributed by atoms with Crippen LogP contribution in [-0.4, -0.2) is 54.7 Å². The van der Waals surface area contributed by atoms with Gasteiger partial charge < -0.3 is 19.7 Å². The van der Waals surface area contributed by atoms with Crippen LogP contribution in [0, 0.1) is 0 Å². The summed E-state index contributed by atoms with van der Waals surface area (Å²) in [4.78, 5) is 27.4. The molecule has 0 aliphatic carbocycles. The fraction of sp³-hybridized carbons (Fsp3) is 0.333. The van der Waals surface area contributed by atoms with Gasteiger partial charge in [0.15, 0.2) is 6.10 Å². The van der Waals surface area contributed by atoms with Crippen LogP contribution < -0.4 is 10.2 Å². The van der Waals surface area contributed by atoms with E-state index in [1.54, 1.807) is 18.2 Å². The molecule has 2 aromatic carbocycles. The molecule has 7 nitrogen and oxygen atoms in total. The van der Waals surface area contributed by atoms with Crippen molar-refractivity contribution in [1.29, 1.82) is 0 Å². The van der Waals surface area contributed by atoms with Crippen molar-refractivity contribution in [3.63, 3.8) is 0 Å². The van der Waals surface area contributed by atoms with Gasteiger partial charge in [-0.05, 0) is 43.3 Å². The SMILES string of the molecule is C[C@@H](OC(=O)c1ccccc1[S@](C)=O)C(=O)Nc1ccc(N2CCOCC2)cc1. The molecule has 1 amide bonds. The number of ether oxygens (including phenoxy) is 2. The van der Waals surface area contributed by atoms with Crippen molar-refractivity contribution in [3.8, 4) is 0 Å². The van der Waals surface area contributed by atoms with Gasteiger partial charge in [-0.25, -0.2) is 4.79 Å². The van der Waals surface area contributed by atoms with E-state index in [1.165, 1.54) is 19.2 Å². The van der Waals surface area contributed by atoms with Crippen molar-refractivity contribution < 1.29 is 23.3 Å². The van der Waals surface area contributed by atoms with Gasteiger partial charge in [-0.3, -0.25) is 9.00 Å². The lowest BCUT2D eigenvalue weighted by Crippen LogP contribution is -2.36. The third-order valence-electron chi connectivity index (χ3n) is 4.58. The summed E-state index contributed by atoms with van der Waals surface area (Å²) in [5, 5.41) is 2.75. The molecule has 3 rings (SSSR count). The third kappa shape index (κ3) is 5.42. The monoisotopic (exact) mass is 416 g/mol. The second-order valence-corrected chi connectivity index (χ2v) is 7.98. The van der Waals surface area contributed by atoms with E-state index < -0.39 is 28.8 Å². The number of rotatable bonds is 6. The van der Waals surface area contributed by atoms with Gasteiger partial charge >= 0.3 is 5.97 Å². The second kappa shape index (κ2) is 9.67. The standard InChI is InChI=1S/C21H24N2O5S/c1-15(28-21(25)18-5-3-4-6-19(18)29(2)26)20(24)22-16-7-9-17(10-8-16)23-11-13-27-14-12-23/h3-10,15H,11-14H2,1-2H3,(H,22,24)/t15-,29+/m1/s1. The average Bonchev–Trinajstić information content (AvgIpc) is 2.74. The molecular formula is C21H24N2O5S. The molecule has 0 spiro atoms. The van der Waals surface area contributed by atoms with Gasteiger partial charge in [0.05, 0.1) is 34.5 Å². The van der Waals surface area contributed by atoms with Gasteiger partial charge in [0.1, 0.15) is 0 Å². The Kier molecular flexibility index (Phi) is 7.00. The van der Waals surface area contributed by atoms with E-state index in [1.807, 2.05) is 24.3 Å². The van der Waals surface area contributed by atoms with E-state index in [9.17, 15) is 13.8 Å². The van der Waals surface area contributed by atoms with Gasteiger partial charge in [0.25, 0.3) is 5.91 Å². The summed E-state index contributed by atoms with van der Waals surface area (Å²) in [7, 11) is -1.34. The number of hydrogen-bond donors (Lipinski definition) is 1. The molecule has 8 heteroatoms. The molecular weight excluding hydrogens is 392 g/mol. The van der Waals surface area contributed by atoms with Gasteiger partial charge in [-0.15, -0.1) is 0 Å². The van der Waals surface area contributed by atoms with Crippen molar-refractivity contribution in [2.45, 2.75) is 17.9 Å². The van der Waals surface area contributed by atoms with Gasteiger partial charge in [-0.2, -0.15) is 0 Å². The molecule has 1 aliphatic rings. The number of nitrogens with one attached hydrogen (secondary N) is 1. The van der Waals surface area contributed by atoms with Crippen LogP contribution in [0.15, 0.2) is 53.4 Å². The van der Waals surface area contributed by atoms with Crippen LogP contribution in [0.3, 0.4) is 0 Å². The summed E-state index contributed by atoms with van der Waals surface area (Å²) in [5.41, 5.74) is 1.88. The lowest BCUT2D eigenvalue weighted by atomic mass is 10.2. The first-order chi connectivity index (χ1) is 14.0. The Labute approximate surface area is 172 Å². The van der Waals surface area contributed by atoms with Crippen molar-refractivity contribution in [1.82, 2.24) is 0 Å². The smallest absolute Gasteiger partial charge is 0.340 e. The highest BCUT2D eigenvalue weighted by Gasteiger charge is 2.22. The number of morpholine rings is 1. The zero-order valence-corrected chi connectivity index (χ0v) is 17.2. The zero-order chi connectivity index (χ0) is 20.8. The number of hydrogen-bond acceptors (Lipinski definition) is 6. The summed E-state index contributed by atoms with van der Waals surface area (Å²) in [6, 6.07) is 14.0. The molecule has 154 valence electrons. The van der Waals surface area contributed by atoms with Crippen LogP contribution in [0.5, 0.6) is 0 Å². The Morgan fingerprint density at radius 2 is 1.76 bits per heavy atom. The van der Waals surface area contributed by atoms with Crippen LogP contribution >= 0.6 is 0 Å². The van der Waals surface area contributed by atoms with Crippen molar-refractivity contribution in [2.24, 2.45) is 0 Å². The lowest BCUT2D eigenvalue weighted by Gasteiger charge is -2.28. The fourth-order valence-electron chi connectivity index (χ4n) is 2.98. The highest BCUT2D eigenvalue weighted by atomic mass is 32.2. The molecule has 0 aromatic heterocycles. The largest absolute Gasteiger partial charge is 0.449 e. The van der Waals surface area contributed by atoms with E-state index in [4.69, 9.17) is 9.47 Å². The van der Waals surface area contributed by atoms with Crippen LogP contribution in [-0.2, 0) is 25.1 Å². The van der Waals surface area contributed by atoms with Crippen molar-refractivity contribution in [3.05, 3.63) is 54.1 Å². The minimum Gasteiger partial charge on any atom is -0.449 e. The topological polar surface area (TPSA) is 84.9 Å². The van der Waals surface area contributed by atoms with Crippen molar-refractivity contribution >= 4 is 34.1 Å². The van der Waals surface area contributed by atoms with Gasteiger partial charge in [0, 0.05) is 30.7 Å². The second-order valence-electron chi connectivity index (χ2n) is 6.63. The maximum Gasteiger partial charge on any atom is 0.340 e. The van der Waals surface area contributed by atoms with Crippen LogP contribution in [0.4, 0.5) is 11.4 Å². The molecule has 29 heavy (non-hydrogen) atoms. The summed E-state index contributed by atoms with van der Waals surface area (Å²) in [6.07, 6.45) is 0.489. The molecule has 0 radical (unpaired) electrons. The number of anilines is 2. The normalized spacial score (nSPS) is 16.0. The summed E-state index contributed by atoms with van der Waals surface area (Å²) in [5.74, 6) is -1.12. The molecule has 1 aliphatic heterocycles. The van der Waals surface area contributed by atoms with Crippen LogP contribution in [0.25, 0.3) is 0 Å². The minimum atomic E-state index is -1.34. The molecule has 2 atom stereocenters. The zero-order valence-electron chi connectivity index (χ0n) is 16.4. The molecule has 1 saturated heterocycles. The highest BCUT2D eigenvalue weighted by Crippen LogP contribution is 2.20. The molecule has 0 bridgehead atoms. The number of esters is 1. The molecule has 0 unspecified atom stereocenters. The summed E-state index contributed by atoms with van der Waals surface area (Å²) >= 11 is 0. The fourth-order valence-corrected chi connectivity index (χ4v) is 3.72. The third-order valence-corrected chi connectivity index (χ3v) is 5.56. The lowest BCUT2D eigenvalue weighted by molar-refractivity contribution is -0.123. The Bertz CT molecular complexity index is 894. The quantitative estimate of drug-likeness (QED) is 0.728. The number of carbonyl (C=O) groups excluding carboxylic acids is 2. The van der Waals surface area contributed by atoms with Gasteiger partial charge in [0.2, 0.25) is 0 Å². The van der Waals surface area contributed by atoms with Crippen molar-refractivity contribution in [2.75, 3.05) is 42.8 Å². The maximum absolute atomic E-state index is 12.4. The number of amides is 1. The minimum absolute atomic E-state index is 0.197. The van der Waals surface area contributed by atoms with E-state index in [0.717, 1.165) is 18.8 Å². The molecule has 2 aromatic rings. The maximum atomic E-state index is 12.4. The molecule has 1 fully saturated rings. The molecule has 1 N–H and O–H groups in total. The predicted molar refractivity (Wildman–Crippen MR) is 112 cm³/mol. The first kappa shape index (κ1) is 21.0. The van der Waals surface area contributed by atoms with Crippen LogP contribution in [0.2, 0.25) is 0 Å². The Morgan fingerprint density at radius 1 is 1.10 bits per heavy atom.